The lowest BCUT2D eigenvalue weighted by molar-refractivity contribution is -0.660. The van der Waals surface area contributed by atoms with Gasteiger partial charge in [-0.25, -0.2) is 4.57 Å². The highest BCUT2D eigenvalue weighted by Gasteiger charge is 2.12. The summed E-state index contributed by atoms with van der Waals surface area (Å²) >= 11 is 0. The molecule has 21 heavy (non-hydrogen) atoms. The fraction of sp³-hybridized carbons (Fsp3) is 0.150. The van der Waals surface area contributed by atoms with Gasteiger partial charge in [0.1, 0.15) is 7.05 Å². The molecule has 0 saturated heterocycles. The fourth-order valence-electron chi connectivity index (χ4n) is 2.69. The lowest BCUT2D eigenvalue weighted by atomic mass is 9.98. The average Bonchev–Trinajstić information content (AvgIpc) is 2.51. The van der Waals surface area contributed by atoms with Gasteiger partial charge < -0.3 is 0 Å². The maximum absolute atomic E-state index is 2.32. The highest BCUT2D eigenvalue weighted by atomic mass is 14.9. The lowest BCUT2D eigenvalue weighted by Crippen LogP contribution is -2.30. The van der Waals surface area contributed by atoms with E-state index in [2.05, 4.69) is 91.5 Å². The standard InChI is InChI=1S/C20H20N/c1-16-11-12-18(14-17-8-4-3-5-9-17)15-19(16)20-10-6-7-13-21(20)2/h3-13,15H,14H2,1-2H3/q+1. The van der Waals surface area contributed by atoms with E-state index in [0.29, 0.717) is 0 Å². The van der Waals surface area contributed by atoms with Gasteiger partial charge in [0, 0.05) is 17.7 Å². The predicted octanol–water partition coefficient (Wildman–Crippen LogP) is 4.08. The van der Waals surface area contributed by atoms with Gasteiger partial charge in [-0.15, -0.1) is 0 Å². The van der Waals surface area contributed by atoms with Crippen LogP contribution in [0.5, 0.6) is 0 Å². The maximum Gasteiger partial charge on any atom is 0.212 e. The first kappa shape index (κ1) is 13.6. The lowest BCUT2D eigenvalue weighted by Gasteiger charge is -2.08. The third-order valence-corrected chi connectivity index (χ3v) is 3.88. The van der Waals surface area contributed by atoms with Crippen LogP contribution in [0, 0.1) is 6.92 Å². The molecular weight excluding hydrogens is 254 g/mol. The molecule has 0 aliphatic rings. The number of nitrogens with zero attached hydrogens (tertiary/aromatic N) is 1. The largest absolute Gasteiger partial charge is 0.212 e. The third-order valence-electron chi connectivity index (χ3n) is 3.88. The van der Waals surface area contributed by atoms with Gasteiger partial charge in [-0.2, -0.15) is 0 Å². The molecular formula is C20H20N+. The van der Waals surface area contributed by atoms with Crippen LogP contribution in [0.4, 0.5) is 0 Å². The van der Waals surface area contributed by atoms with Crippen molar-refractivity contribution in [2.45, 2.75) is 13.3 Å². The van der Waals surface area contributed by atoms with Gasteiger partial charge in [0.15, 0.2) is 6.20 Å². The van der Waals surface area contributed by atoms with Gasteiger partial charge in [0.2, 0.25) is 5.69 Å². The molecule has 0 bridgehead atoms. The van der Waals surface area contributed by atoms with Crippen molar-refractivity contribution in [1.29, 1.82) is 0 Å². The topological polar surface area (TPSA) is 3.88 Å². The van der Waals surface area contributed by atoms with Crippen LogP contribution in [0.2, 0.25) is 0 Å². The highest BCUT2D eigenvalue weighted by Crippen LogP contribution is 2.23. The molecule has 0 atom stereocenters. The molecule has 0 radical (unpaired) electrons. The van der Waals surface area contributed by atoms with Crippen molar-refractivity contribution in [2.75, 3.05) is 0 Å². The van der Waals surface area contributed by atoms with Crippen molar-refractivity contribution in [1.82, 2.24) is 0 Å². The Morgan fingerprint density at radius 3 is 2.33 bits per heavy atom. The van der Waals surface area contributed by atoms with Crippen LogP contribution >= 0.6 is 0 Å². The monoisotopic (exact) mass is 274 g/mol. The molecule has 1 aromatic heterocycles. The van der Waals surface area contributed by atoms with E-state index < -0.39 is 0 Å². The minimum absolute atomic E-state index is 0.977. The van der Waals surface area contributed by atoms with Gasteiger partial charge in [-0.05, 0) is 42.2 Å². The molecule has 104 valence electrons. The first-order valence-corrected chi connectivity index (χ1v) is 7.32. The Hall–Kier alpha value is -2.41. The summed E-state index contributed by atoms with van der Waals surface area (Å²) in [5, 5.41) is 0. The number of aromatic nitrogens is 1. The summed E-state index contributed by atoms with van der Waals surface area (Å²) in [6.45, 7) is 2.18. The third kappa shape index (κ3) is 3.03. The zero-order valence-electron chi connectivity index (χ0n) is 12.6. The Labute approximate surface area is 126 Å². The van der Waals surface area contributed by atoms with E-state index in [1.807, 2.05) is 0 Å². The summed E-state index contributed by atoms with van der Waals surface area (Å²) in [6.07, 6.45) is 3.07. The first-order valence-electron chi connectivity index (χ1n) is 7.32. The smallest absolute Gasteiger partial charge is 0.201 e. The van der Waals surface area contributed by atoms with E-state index in [0.717, 1.165) is 6.42 Å². The molecule has 3 aromatic rings. The van der Waals surface area contributed by atoms with Gasteiger partial charge in [0.25, 0.3) is 0 Å². The summed E-state index contributed by atoms with van der Waals surface area (Å²) in [5.74, 6) is 0. The van der Waals surface area contributed by atoms with E-state index in [9.17, 15) is 0 Å². The van der Waals surface area contributed by atoms with Crippen molar-refractivity contribution in [2.24, 2.45) is 7.05 Å². The quantitative estimate of drug-likeness (QED) is 0.634. The molecule has 0 aliphatic heterocycles. The van der Waals surface area contributed by atoms with Crippen molar-refractivity contribution >= 4 is 0 Å². The first-order chi connectivity index (χ1) is 10.2. The average molecular weight is 274 g/mol. The van der Waals surface area contributed by atoms with Gasteiger partial charge in [-0.3, -0.25) is 0 Å². The zero-order chi connectivity index (χ0) is 14.7. The minimum Gasteiger partial charge on any atom is -0.201 e. The fourth-order valence-corrected chi connectivity index (χ4v) is 2.69. The van der Waals surface area contributed by atoms with Gasteiger partial charge >= 0.3 is 0 Å². The molecule has 0 amide bonds. The van der Waals surface area contributed by atoms with Crippen molar-refractivity contribution in [3.8, 4) is 11.3 Å². The number of hydrogen-bond acceptors (Lipinski definition) is 0. The summed E-state index contributed by atoms with van der Waals surface area (Å²) < 4.78 is 2.18. The van der Waals surface area contributed by atoms with Crippen LogP contribution in [0.25, 0.3) is 11.3 Å². The van der Waals surface area contributed by atoms with Crippen LogP contribution in [0.1, 0.15) is 16.7 Å². The Morgan fingerprint density at radius 1 is 0.810 bits per heavy atom. The maximum atomic E-state index is 2.32. The summed E-state index contributed by atoms with van der Waals surface area (Å²) in [4.78, 5) is 0. The molecule has 3 rings (SSSR count). The molecule has 0 unspecified atom stereocenters. The molecule has 1 nitrogen and oxygen atoms in total. The van der Waals surface area contributed by atoms with Crippen LogP contribution in [-0.2, 0) is 13.5 Å². The highest BCUT2D eigenvalue weighted by molar-refractivity contribution is 5.62. The minimum atomic E-state index is 0.977. The van der Waals surface area contributed by atoms with Crippen LogP contribution in [0.15, 0.2) is 72.9 Å². The zero-order valence-corrected chi connectivity index (χ0v) is 12.6. The number of benzene rings is 2. The molecule has 0 spiro atoms. The van der Waals surface area contributed by atoms with Crippen LogP contribution < -0.4 is 4.57 Å². The Morgan fingerprint density at radius 2 is 1.57 bits per heavy atom. The molecule has 2 aromatic carbocycles. The summed E-state index contributed by atoms with van der Waals surface area (Å²) in [7, 11) is 2.10. The number of rotatable bonds is 3. The van der Waals surface area contributed by atoms with Crippen molar-refractivity contribution < 1.29 is 4.57 Å². The van der Waals surface area contributed by atoms with Crippen molar-refractivity contribution in [3.05, 3.63) is 89.6 Å². The molecule has 0 saturated carbocycles. The molecule has 1 heterocycles. The van der Waals surface area contributed by atoms with Gasteiger partial charge in [0.05, 0.1) is 0 Å². The summed E-state index contributed by atoms with van der Waals surface area (Å²) in [6, 6.07) is 23.7. The SMILES string of the molecule is Cc1ccc(Cc2ccccc2)cc1-c1cccc[n+]1C. The molecule has 0 fully saturated rings. The molecule has 1 heteroatoms. The van der Waals surface area contributed by atoms with E-state index in [-0.39, 0.29) is 0 Å². The van der Waals surface area contributed by atoms with E-state index in [1.165, 1.54) is 27.9 Å². The number of aryl methyl sites for hydroxylation is 2. The Bertz CT molecular complexity index is 745. The van der Waals surface area contributed by atoms with Crippen LogP contribution in [-0.4, -0.2) is 0 Å². The van der Waals surface area contributed by atoms with E-state index in [1.54, 1.807) is 0 Å². The van der Waals surface area contributed by atoms with Gasteiger partial charge in [-0.1, -0.05) is 42.5 Å². The predicted molar refractivity (Wildman–Crippen MR) is 87.0 cm³/mol. The Balaban J connectivity index is 1.99. The Kier molecular flexibility index (Phi) is 3.83. The summed E-state index contributed by atoms with van der Waals surface area (Å²) in [5.41, 5.74) is 6.58. The molecule has 0 aliphatic carbocycles. The van der Waals surface area contributed by atoms with E-state index >= 15 is 0 Å². The molecule has 0 N–H and O–H groups in total. The second kappa shape index (κ2) is 5.92. The number of hydrogen-bond donors (Lipinski definition) is 0. The number of pyridine rings is 1. The van der Waals surface area contributed by atoms with Crippen molar-refractivity contribution in [3.63, 3.8) is 0 Å². The second-order valence-corrected chi connectivity index (χ2v) is 5.51. The normalized spacial score (nSPS) is 10.6. The van der Waals surface area contributed by atoms with E-state index in [4.69, 9.17) is 0 Å². The second-order valence-electron chi connectivity index (χ2n) is 5.51. The van der Waals surface area contributed by atoms with Crippen LogP contribution in [0.3, 0.4) is 0 Å².